The third-order valence-corrected chi connectivity index (χ3v) is 12.9. The summed E-state index contributed by atoms with van der Waals surface area (Å²) in [5.74, 6) is 8.00. The van der Waals surface area contributed by atoms with Crippen molar-refractivity contribution >= 4 is 34.8 Å². The van der Waals surface area contributed by atoms with Crippen molar-refractivity contribution in [1.82, 2.24) is 40.4 Å². The van der Waals surface area contributed by atoms with Crippen LogP contribution in [0.15, 0.2) is 48.8 Å². The zero-order valence-corrected chi connectivity index (χ0v) is 35.0. The van der Waals surface area contributed by atoms with E-state index >= 15 is 0 Å². The van der Waals surface area contributed by atoms with E-state index in [0.717, 1.165) is 59.7 Å². The third kappa shape index (κ3) is 8.17. The first-order valence-corrected chi connectivity index (χ1v) is 21.0. The van der Waals surface area contributed by atoms with Crippen LogP contribution < -0.4 is 10.6 Å². The Morgan fingerprint density at radius 3 is 2.32 bits per heavy atom. The Bertz CT molecular complexity index is 2320. The largest absolute Gasteiger partial charge is 0.453 e. The van der Waals surface area contributed by atoms with Crippen molar-refractivity contribution in [1.29, 1.82) is 0 Å². The number of piperidine rings is 1. The number of rotatable bonds is 9. The van der Waals surface area contributed by atoms with Gasteiger partial charge in [-0.2, -0.15) is 0 Å². The molecule has 15 nitrogen and oxygen atoms in total. The molecule has 0 spiro atoms. The summed E-state index contributed by atoms with van der Waals surface area (Å²) in [4.78, 5) is 72.6. The Labute approximate surface area is 349 Å². The van der Waals surface area contributed by atoms with Gasteiger partial charge in [-0.3, -0.25) is 9.59 Å². The number of hydrogen-bond acceptors (Lipinski definition) is 9. The molecule has 0 radical (unpaired) electrons. The summed E-state index contributed by atoms with van der Waals surface area (Å²) in [5, 5.41) is 7.61. The van der Waals surface area contributed by atoms with Crippen LogP contribution in [-0.2, 0) is 23.8 Å². The van der Waals surface area contributed by atoms with E-state index < -0.39 is 24.3 Å². The molecule has 4 amide bonds. The van der Waals surface area contributed by atoms with E-state index in [1.54, 1.807) is 6.20 Å². The van der Waals surface area contributed by atoms with Crippen LogP contribution in [-0.4, -0.2) is 105 Å². The molecule has 2 aromatic heterocycles. The molecule has 5 heterocycles. The van der Waals surface area contributed by atoms with Gasteiger partial charge in [-0.15, -0.1) is 0 Å². The van der Waals surface area contributed by atoms with Gasteiger partial charge < -0.3 is 44.6 Å². The molecule has 4 aliphatic rings. The minimum atomic E-state index is -0.762. The molecule has 3 saturated heterocycles. The zero-order valence-electron chi connectivity index (χ0n) is 35.0. The van der Waals surface area contributed by atoms with Gasteiger partial charge in [0.05, 0.1) is 51.0 Å². The second kappa shape index (κ2) is 17.0. The van der Waals surface area contributed by atoms with Gasteiger partial charge in [0.25, 0.3) is 0 Å². The van der Waals surface area contributed by atoms with Gasteiger partial charge in [-0.05, 0) is 91.7 Å². The van der Waals surface area contributed by atoms with Crippen LogP contribution in [0, 0.1) is 35.5 Å². The van der Waals surface area contributed by atoms with Crippen LogP contribution in [0.4, 0.5) is 9.59 Å². The van der Waals surface area contributed by atoms with Gasteiger partial charge in [0, 0.05) is 35.7 Å². The lowest BCUT2D eigenvalue weighted by Crippen LogP contribution is -2.55. The fourth-order valence-electron chi connectivity index (χ4n) is 9.30. The number of ether oxygens (including phenoxy) is 3. The first-order valence-electron chi connectivity index (χ1n) is 21.0. The number of carbonyl (C=O) groups is 4. The lowest BCUT2D eigenvalue weighted by atomic mass is 9.92. The highest BCUT2D eigenvalue weighted by Gasteiger charge is 2.56. The Morgan fingerprint density at radius 1 is 0.850 bits per heavy atom. The summed E-state index contributed by atoms with van der Waals surface area (Å²) in [6.07, 6.45) is 6.38. The summed E-state index contributed by atoms with van der Waals surface area (Å²) in [7, 11) is 2.60. The van der Waals surface area contributed by atoms with E-state index in [2.05, 4.69) is 63.4 Å². The number of methoxy groups -OCH3 is 2. The predicted molar refractivity (Wildman–Crippen MR) is 222 cm³/mol. The zero-order chi connectivity index (χ0) is 42.2. The topological polar surface area (TPSA) is 184 Å². The quantitative estimate of drug-likeness (QED) is 0.151. The van der Waals surface area contributed by atoms with Crippen LogP contribution in [0.5, 0.6) is 0 Å². The van der Waals surface area contributed by atoms with Crippen LogP contribution in [0.3, 0.4) is 0 Å². The summed E-state index contributed by atoms with van der Waals surface area (Å²) >= 11 is 0. The van der Waals surface area contributed by atoms with Crippen LogP contribution >= 0.6 is 0 Å². The fourth-order valence-corrected chi connectivity index (χ4v) is 9.30. The third-order valence-electron chi connectivity index (χ3n) is 12.9. The molecule has 8 rings (SSSR count). The lowest BCUT2D eigenvalue weighted by Gasteiger charge is -2.36. The Hall–Kier alpha value is -5.88. The van der Waals surface area contributed by atoms with Gasteiger partial charge in [0.2, 0.25) is 11.8 Å². The van der Waals surface area contributed by atoms with E-state index in [-0.39, 0.29) is 53.7 Å². The normalized spacial score (nSPS) is 25.6. The molecule has 9 atom stereocenters. The minimum Gasteiger partial charge on any atom is -0.453 e. The number of benzene rings is 2. The van der Waals surface area contributed by atoms with Crippen LogP contribution in [0.25, 0.3) is 22.0 Å². The molecular weight excluding hydrogens is 765 g/mol. The Balaban J connectivity index is 0.960. The number of alkyl carbamates (subject to hydrolysis) is 2. The molecule has 0 unspecified atom stereocenters. The molecule has 4 N–H and O–H groups in total. The number of carbonyl (C=O) groups excluding carboxylic acids is 4. The lowest BCUT2D eigenvalue weighted by molar-refractivity contribution is -0.139. The van der Waals surface area contributed by atoms with Crippen molar-refractivity contribution in [3.8, 4) is 23.1 Å². The first-order chi connectivity index (χ1) is 28.9. The number of aromatic amines is 2. The molecule has 4 aromatic rings. The maximum Gasteiger partial charge on any atom is 0.407 e. The van der Waals surface area contributed by atoms with E-state index in [1.807, 2.05) is 54.1 Å². The van der Waals surface area contributed by atoms with Crippen molar-refractivity contribution in [2.45, 2.75) is 96.1 Å². The fraction of sp³-hybridized carbons (Fsp3) is 0.511. The summed E-state index contributed by atoms with van der Waals surface area (Å²) in [6, 6.07) is 10.4. The molecule has 4 fully saturated rings. The number of likely N-dealkylation sites (tertiary alicyclic amines) is 2. The molecule has 1 saturated carbocycles. The summed E-state index contributed by atoms with van der Waals surface area (Å²) < 4.78 is 15.4. The molecule has 2 aromatic carbocycles. The molecule has 0 bridgehead atoms. The van der Waals surface area contributed by atoms with E-state index in [0.29, 0.717) is 36.5 Å². The minimum absolute atomic E-state index is 0.0598. The van der Waals surface area contributed by atoms with Gasteiger partial charge in [-0.25, -0.2) is 19.6 Å². The van der Waals surface area contributed by atoms with E-state index in [9.17, 15) is 19.2 Å². The summed E-state index contributed by atoms with van der Waals surface area (Å²) in [5.41, 5.74) is 3.30. The molecule has 316 valence electrons. The van der Waals surface area contributed by atoms with E-state index in [1.165, 1.54) is 14.2 Å². The van der Waals surface area contributed by atoms with Crippen LogP contribution in [0.2, 0.25) is 0 Å². The Morgan fingerprint density at radius 2 is 1.57 bits per heavy atom. The highest BCUT2D eigenvalue weighted by atomic mass is 16.5. The number of H-pyrrole nitrogens is 2. The second-order valence-electron chi connectivity index (χ2n) is 17.1. The van der Waals surface area contributed by atoms with Gasteiger partial charge in [0.1, 0.15) is 29.4 Å². The number of hydrogen-bond donors (Lipinski definition) is 4. The predicted octanol–water partition coefficient (Wildman–Crippen LogP) is 5.84. The molecule has 1 aliphatic carbocycles. The number of aromatic nitrogens is 4. The highest BCUT2D eigenvalue weighted by molar-refractivity contribution is 5.89. The molecular formula is C45H54N8O7. The van der Waals surface area contributed by atoms with Gasteiger partial charge >= 0.3 is 12.2 Å². The van der Waals surface area contributed by atoms with Crippen molar-refractivity contribution in [3.05, 3.63) is 71.7 Å². The molecule has 60 heavy (non-hydrogen) atoms. The second-order valence-corrected chi connectivity index (χ2v) is 17.1. The molecule has 3 aliphatic heterocycles. The number of amides is 4. The molecule has 15 heteroatoms. The highest BCUT2D eigenvalue weighted by Crippen LogP contribution is 2.53. The number of imidazole rings is 2. The van der Waals surface area contributed by atoms with Crippen LogP contribution in [0.1, 0.15) is 94.8 Å². The smallest absolute Gasteiger partial charge is 0.407 e. The maximum atomic E-state index is 14.3. The van der Waals surface area contributed by atoms with Crippen molar-refractivity contribution < 1.29 is 33.4 Å². The van der Waals surface area contributed by atoms with E-state index in [4.69, 9.17) is 19.2 Å². The average molecular weight is 819 g/mol. The summed E-state index contributed by atoms with van der Waals surface area (Å²) in [6.45, 7) is 9.06. The standard InChI is InChI=1S/C45H54N8O7/c1-24(2)38(50-44(56)58-5)42(54)53-35-19-32(35)20-37(53)40-46-21-33(48-40)14-10-27-9-11-29-18-30(13-12-28(29)17-27)34-22-47-41(49-34)36-16-25(3)26(4)52(36)43(55)39(51-45(57)59-6)31-8-7-15-60-23-31/h9,11-13,17-18,21-22,24-26,31-32,35-39H,7-8,15-16,19-20,23H2,1-6H3,(H,46,48)(H,47,49)(H,50,56)(H,51,57)/t25-,26-,31-,32-,35-,36+,37+,38+,39+/m1/s1. The Kier molecular flexibility index (Phi) is 11.6. The van der Waals surface area contributed by atoms with Gasteiger partial charge in [-0.1, -0.05) is 44.9 Å². The van der Waals surface area contributed by atoms with Gasteiger partial charge in [0.15, 0.2) is 0 Å². The number of fused-ring (bicyclic) bond motifs is 2. The van der Waals surface area contributed by atoms with Crippen molar-refractivity contribution in [2.75, 3.05) is 27.4 Å². The number of nitrogens with one attached hydrogen (secondary N) is 4. The monoisotopic (exact) mass is 818 g/mol. The van der Waals surface area contributed by atoms with Crippen molar-refractivity contribution in [3.63, 3.8) is 0 Å². The maximum absolute atomic E-state index is 14.3. The first kappa shape index (κ1) is 40.9. The van der Waals surface area contributed by atoms with Crippen molar-refractivity contribution in [2.24, 2.45) is 23.7 Å². The average Bonchev–Trinajstić information content (AvgIpc) is 3.67. The SMILES string of the molecule is COC(=O)N[C@H](C(=O)N1[C@@H]2C[C@@H]2C[C@H]1c1ncc(C#Cc2ccc3cc(-c4cnc([C@@H]5C[C@@H](C)[C@@H](C)N5C(=O)[C@@H](NC(=O)OC)[C@@H]5CCCOC5)[nH]4)ccc3c2)[nH]1)C(C)C. The number of nitrogens with zero attached hydrogens (tertiary/aromatic N) is 4.